The molecule has 0 aliphatic rings. The van der Waals surface area contributed by atoms with Crippen molar-refractivity contribution in [3.63, 3.8) is 0 Å². The maximum Gasteiger partial charge on any atom is 0.329 e. The summed E-state index contributed by atoms with van der Waals surface area (Å²) in [5, 5.41) is 3.36. The van der Waals surface area contributed by atoms with Crippen LogP contribution in [0.3, 0.4) is 0 Å². The topological polar surface area (TPSA) is 84.5 Å². The fraction of sp³-hybridized carbons (Fsp3) is 0. The summed E-state index contributed by atoms with van der Waals surface area (Å²) in [5.41, 5.74) is 6.69. The highest BCUT2D eigenvalue weighted by atomic mass is 19.1. The summed E-state index contributed by atoms with van der Waals surface area (Å²) in [4.78, 5) is 20.9. The van der Waals surface area contributed by atoms with Crippen molar-refractivity contribution >= 4 is 18.0 Å². The third-order valence-corrected chi connectivity index (χ3v) is 1.50. The van der Waals surface area contributed by atoms with Gasteiger partial charge < -0.3 is 5.73 Å². The first kappa shape index (κ1) is 10.8. The minimum atomic E-state index is -1.15. The van der Waals surface area contributed by atoms with Gasteiger partial charge in [0.05, 0.1) is 6.21 Å². The van der Waals surface area contributed by atoms with Crippen LogP contribution in [0.1, 0.15) is 5.56 Å². The van der Waals surface area contributed by atoms with Gasteiger partial charge in [-0.15, -0.1) is 0 Å². The molecule has 0 spiro atoms. The van der Waals surface area contributed by atoms with Crippen LogP contribution in [0.4, 0.5) is 4.39 Å². The van der Waals surface area contributed by atoms with E-state index in [1.807, 2.05) is 5.43 Å². The highest BCUT2D eigenvalue weighted by Gasteiger charge is 2.05. The van der Waals surface area contributed by atoms with E-state index in [-0.39, 0.29) is 5.56 Å². The van der Waals surface area contributed by atoms with Gasteiger partial charge in [0.15, 0.2) is 0 Å². The average Bonchev–Trinajstić information content (AvgIpc) is 2.20. The zero-order valence-corrected chi connectivity index (χ0v) is 7.61. The van der Waals surface area contributed by atoms with E-state index in [2.05, 4.69) is 10.8 Å². The van der Waals surface area contributed by atoms with Crippen molar-refractivity contribution in [1.82, 2.24) is 5.43 Å². The molecule has 0 radical (unpaired) electrons. The molecule has 3 N–H and O–H groups in total. The SMILES string of the molecule is NC(=O)C(=O)N/N=C/c1ccccc1F. The molecule has 0 unspecified atom stereocenters. The van der Waals surface area contributed by atoms with Crippen LogP contribution in [0.25, 0.3) is 0 Å². The Morgan fingerprint density at radius 3 is 2.67 bits per heavy atom. The molecule has 0 saturated heterocycles. The first-order valence-electron chi connectivity index (χ1n) is 3.98. The largest absolute Gasteiger partial charge is 0.361 e. The Morgan fingerprint density at radius 2 is 2.07 bits per heavy atom. The Morgan fingerprint density at radius 1 is 1.40 bits per heavy atom. The molecule has 0 aromatic heterocycles. The van der Waals surface area contributed by atoms with Gasteiger partial charge in [-0.25, -0.2) is 9.82 Å². The number of hydrazone groups is 1. The molecule has 0 bridgehead atoms. The van der Waals surface area contributed by atoms with Crippen molar-refractivity contribution in [1.29, 1.82) is 0 Å². The van der Waals surface area contributed by atoms with E-state index in [0.717, 1.165) is 6.21 Å². The second kappa shape index (κ2) is 4.85. The monoisotopic (exact) mass is 209 g/mol. The molecule has 15 heavy (non-hydrogen) atoms. The van der Waals surface area contributed by atoms with E-state index in [9.17, 15) is 14.0 Å². The Hall–Kier alpha value is -2.24. The number of hydrogen-bond acceptors (Lipinski definition) is 3. The van der Waals surface area contributed by atoms with Crippen molar-refractivity contribution in [3.8, 4) is 0 Å². The van der Waals surface area contributed by atoms with Crippen LogP contribution >= 0.6 is 0 Å². The quantitative estimate of drug-likeness (QED) is 0.400. The molecule has 1 rings (SSSR count). The predicted molar refractivity (Wildman–Crippen MR) is 51.3 cm³/mol. The molecule has 0 aliphatic carbocycles. The molecule has 0 atom stereocenters. The lowest BCUT2D eigenvalue weighted by molar-refractivity contribution is -0.137. The van der Waals surface area contributed by atoms with E-state index in [0.29, 0.717) is 0 Å². The molecule has 0 saturated carbocycles. The Labute approximate surface area is 84.8 Å². The van der Waals surface area contributed by atoms with Gasteiger partial charge in [0.1, 0.15) is 5.82 Å². The summed E-state index contributed by atoms with van der Waals surface area (Å²) in [6.07, 6.45) is 1.08. The standard InChI is InChI=1S/C9H8FN3O2/c10-7-4-2-1-3-6(7)5-12-13-9(15)8(11)14/h1-5H,(H2,11,14)(H,13,15)/b12-5+. The highest BCUT2D eigenvalue weighted by molar-refractivity contribution is 6.34. The predicted octanol–water partition coefficient (Wildman–Crippen LogP) is -0.239. The van der Waals surface area contributed by atoms with Crippen molar-refractivity contribution in [2.24, 2.45) is 10.8 Å². The first-order valence-corrected chi connectivity index (χ1v) is 3.98. The van der Waals surface area contributed by atoms with Gasteiger partial charge in [0.25, 0.3) is 0 Å². The number of nitrogens with one attached hydrogen (secondary N) is 1. The van der Waals surface area contributed by atoms with E-state index < -0.39 is 17.6 Å². The number of hydrogen-bond donors (Lipinski definition) is 2. The summed E-state index contributed by atoms with van der Waals surface area (Å²) < 4.78 is 13.0. The molecular weight excluding hydrogens is 201 g/mol. The molecule has 2 amide bonds. The Bertz CT molecular complexity index is 418. The number of rotatable bonds is 2. The lowest BCUT2D eigenvalue weighted by Crippen LogP contribution is -2.32. The van der Waals surface area contributed by atoms with Crippen LogP contribution in [0, 0.1) is 5.82 Å². The third kappa shape index (κ3) is 3.18. The van der Waals surface area contributed by atoms with Crippen LogP contribution in [0.15, 0.2) is 29.4 Å². The fourth-order valence-electron chi connectivity index (χ4n) is 0.795. The number of benzene rings is 1. The zero-order valence-electron chi connectivity index (χ0n) is 7.61. The number of carbonyl (C=O) groups is 2. The van der Waals surface area contributed by atoms with Crippen molar-refractivity contribution in [2.45, 2.75) is 0 Å². The van der Waals surface area contributed by atoms with Crippen LogP contribution < -0.4 is 11.2 Å². The second-order valence-electron chi connectivity index (χ2n) is 2.58. The van der Waals surface area contributed by atoms with Gasteiger partial charge in [-0.3, -0.25) is 9.59 Å². The summed E-state index contributed by atoms with van der Waals surface area (Å²) in [6, 6.07) is 5.85. The highest BCUT2D eigenvalue weighted by Crippen LogP contribution is 2.02. The molecule has 1 aromatic rings. The molecule has 0 aliphatic heterocycles. The van der Waals surface area contributed by atoms with E-state index >= 15 is 0 Å². The van der Waals surface area contributed by atoms with Crippen molar-refractivity contribution < 1.29 is 14.0 Å². The smallest absolute Gasteiger partial charge is 0.329 e. The van der Waals surface area contributed by atoms with Gasteiger partial charge in [-0.05, 0) is 6.07 Å². The lowest BCUT2D eigenvalue weighted by atomic mass is 10.2. The third-order valence-electron chi connectivity index (χ3n) is 1.50. The molecule has 78 valence electrons. The van der Waals surface area contributed by atoms with E-state index in [1.54, 1.807) is 6.07 Å². The normalized spacial score (nSPS) is 10.2. The Kier molecular flexibility index (Phi) is 3.50. The van der Waals surface area contributed by atoms with Crippen molar-refractivity contribution in [2.75, 3.05) is 0 Å². The molecule has 5 nitrogen and oxygen atoms in total. The zero-order chi connectivity index (χ0) is 11.3. The molecule has 0 fully saturated rings. The number of carbonyl (C=O) groups excluding carboxylic acids is 2. The molecule has 1 aromatic carbocycles. The number of nitrogens with zero attached hydrogens (tertiary/aromatic N) is 1. The fourth-order valence-corrected chi connectivity index (χ4v) is 0.795. The van der Waals surface area contributed by atoms with Gasteiger partial charge in [0.2, 0.25) is 0 Å². The first-order chi connectivity index (χ1) is 7.11. The van der Waals surface area contributed by atoms with Crippen LogP contribution in [-0.2, 0) is 9.59 Å². The Balaban J connectivity index is 2.63. The minimum absolute atomic E-state index is 0.197. The van der Waals surface area contributed by atoms with Crippen LogP contribution in [0.5, 0.6) is 0 Å². The summed E-state index contributed by atoms with van der Waals surface area (Å²) in [7, 11) is 0. The maximum atomic E-state index is 13.0. The number of halogens is 1. The molecule has 6 heteroatoms. The van der Waals surface area contributed by atoms with Crippen LogP contribution in [0.2, 0.25) is 0 Å². The second-order valence-corrected chi connectivity index (χ2v) is 2.58. The minimum Gasteiger partial charge on any atom is -0.361 e. The van der Waals surface area contributed by atoms with E-state index in [1.165, 1.54) is 18.2 Å². The van der Waals surface area contributed by atoms with Gasteiger partial charge in [-0.2, -0.15) is 5.10 Å². The summed E-state index contributed by atoms with van der Waals surface area (Å²) in [6.45, 7) is 0. The number of amides is 2. The van der Waals surface area contributed by atoms with Gasteiger partial charge in [0, 0.05) is 5.56 Å². The number of nitrogens with two attached hydrogens (primary N) is 1. The van der Waals surface area contributed by atoms with Gasteiger partial charge in [-0.1, -0.05) is 18.2 Å². The molecule has 0 heterocycles. The molecular formula is C9H8FN3O2. The average molecular weight is 209 g/mol. The maximum absolute atomic E-state index is 13.0. The summed E-state index contributed by atoms with van der Waals surface area (Å²) >= 11 is 0. The van der Waals surface area contributed by atoms with E-state index in [4.69, 9.17) is 0 Å². The van der Waals surface area contributed by atoms with Gasteiger partial charge >= 0.3 is 11.8 Å². The van der Waals surface area contributed by atoms with Crippen LogP contribution in [-0.4, -0.2) is 18.0 Å². The summed E-state index contributed by atoms with van der Waals surface area (Å²) in [5.74, 6) is -2.68. The number of primary amides is 1. The van der Waals surface area contributed by atoms with Crippen molar-refractivity contribution in [3.05, 3.63) is 35.6 Å². The lowest BCUT2D eigenvalue weighted by Gasteiger charge is -1.95.